The zero-order valence-electron chi connectivity index (χ0n) is 8.88. The molecule has 0 fully saturated rings. The SMILES string of the molecule is CCCNCCNC(=O)C1CC=CC1. The van der Waals surface area contributed by atoms with E-state index in [0.717, 1.165) is 38.9 Å². The van der Waals surface area contributed by atoms with Crippen LogP contribution in [0.25, 0.3) is 0 Å². The van der Waals surface area contributed by atoms with E-state index in [1.54, 1.807) is 0 Å². The van der Waals surface area contributed by atoms with Crippen LogP contribution in [-0.4, -0.2) is 25.5 Å². The van der Waals surface area contributed by atoms with Crippen molar-refractivity contribution in [2.24, 2.45) is 5.92 Å². The molecule has 0 aromatic rings. The fourth-order valence-corrected chi connectivity index (χ4v) is 1.55. The topological polar surface area (TPSA) is 41.1 Å². The Morgan fingerprint density at radius 3 is 2.64 bits per heavy atom. The largest absolute Gasteiger partial charge is 0.355 e. The molecule has 0 atom stereocenters. The van der Waals surface area contributed by atoms with Crippen molar-refractivity contribution >= 4 is 5.91 Å². The van der Waals surface area contributed by atoms with E-state index in [2.05, 4.69) is 29.7 Å². The number of allylic oxidation sites excluding steroid dienone is 2. The molecule has 1 amide bonds. The van der Waals surface area contributed by atoms with Gasteiger partial charge < -0.3 is 10.6 Å². The summed E-state index contributed by atoms with van der Waals surface area (Å²) < 4.78 is 0. The Balaban J connectivity index is 1.98. The molecule has 0 aliphatic heterocycles. The van der Waals surface area contributed by atoms with Crippen LogP contribution in [0.1, 0.15) is 26.2 Å². The Bertz CT molecular complexity index is 193. The monoisotopic (exact) mass is 196 g/mol. The third-order valence-corrected chi connectivity index (χ3v) is 2.41. The van der Waals surface area contributed by atoms with E-state index >= 15 is 0 Å². The average molecular weight is 196 g/mol. The number of carbonyl (C=O) groups is 1. The van der Waals surface area contributed by atoms with Crippen molar-refractivity contribution in [3.8, 4) is 0 Å². The Kier molecular flexibility index (Phi) is 5.30. The molecule has 1 aliphatic carbocycles. The number of hydrogen-bond acceptors (Lipinski definition) is 2. The van der Waals surface area contributed by atoms with Gasteiger partial charge in [-0.05, 0) is 25.8 Å². The number of carbonyl (C=O) groups excluding carboxylic acids is 1. The molecule has 3 heteroatoms. The molecular formula is C11H20N2O. The molecule has 0 radical (unpaired) electrons. The van der Waals surface area contributed by atoms with Gasteiger partial charge in [-0.25, -0.2) is 0 Å². The molecule has 3 nitrogen and oxygen atoms in total. The summed E-state index contributed by atoms with van der Waals surface area (Å²) in [5.41, 5.74) is 0. The van der Waals surface area contributed by atoms with E-state index in [9.17, 15) is 4.79 Å². The van der Waals surface area contributed by atoms with Crippen LogP contribution in [0.5, 0.6) is 0 Å². The van der Waals surface area contributed by atoms with Gasteiger partial charge in [-0.15, -0.1) is 0 Å². The van der Waals surface area contributed by atoms with Crippen molar-refractivity contribution in [3.63, 3.8) is 0 Å². The standard InChI is InChI=1S/C11H20N2O/c1-2-7-12-8-9-13-11(14)10-5-3-4-6-10/h3-4,10,12H,2,5-9H2,1H3,(H,13,14). The Morgan fingerprint density at radius 2 is 2.00 bits per heavy atom. The second-order valence-corrected chi connectivity index (χ2v) is 3.68. The highest BCUT2D eigenvalue weighted by molar-refractivity contribution is 5.79. The molecule has 14 heavy (non-hydrogen) atoms. The zero-order chi connectivity index (χ0) is 10.2. The normalized spacial score (nSPS) is 16.1. The number of nitrogens with one attached hydrogen (secondary N) is 2. The molecule has 0 aromatic heterocycles. The third kappa shape index (κ3) is 3.92. The fraction of sp³-hybridized carbons (Fsp3) is 0.727. The van der Waals surface area contributed by atoms with Crippen LogP contribution in [0, 0.1) is 5.92 Å². The molecule has 0 saturated heterocycles. The van der Waals surface area contributed by atoms with Crippen LogP contribution in [0.4, 0.5) is 0 Å². The van der Waals surface area contributed by atoms with Crippen molar-refractivity contribution in [1.82, 2.24) is 10.6 Å². The smallest absolute Gasteiger partial charge is 0.223 e. The summed E-state index contributed by atoms with van der Waals surface area (Å²) in [6, 6.07) is 0. The quantitative estimate of drug-likeness (QED) is 0.493. The molecule has 0 bridgehead atoms. The Hall–Kier alpha value is -0.830. The van der Waals surface area contributed by atoms with Gasteiger partial charge in [0.15, 0.2) is 0 Å². The first-order valence-corrected chi connectivity index (χ1v) is 5.48. The van der Waals surface area contributed by atoms with Crippen molar-refractivity contribution < 1.29 is 4.79 Å². The van der Waals surface area contributed by atoms with Gasteiger partial charge >= 0.3 is 0 Å². The van der Waals surface area contributed by atoms with E-state index < -0.39 is 0 Å². The molecular weight excluding hydrogens is 176 g/mol. The predicted octanol–water partition coefficient (Wildman–Crippen LogP) is 1.07. The first kappa shape index (κ1) is 11.2. The van der Waals surface area contributed by atoms with Crippen LogP contribution in [0.2, 0.25) is 0 Å². The van der Waals surface area contributed by atoms with E-state index in [4.69, 9.17) is 0 Å². The van der Waals surface area contributed by atoms with Gasteiger partial charge in [-0.2, -0.15) is 0 Å². The van der Waals surface area contributed by atoms with Crippen LogP contribution in [0.3, 0.4) is 0 Å². The summed E-state index contributed by atoms with van der Waals surface area (Å²) in [4.78, 5) is 11.5. The van der Waals surface area contributed by atoms with Crippen molar-refractivity contribution in [2.75, 3.05) is 19.6 Å². The minimum atomic E-state index is 0.196. The maximum absolute atomic E-state index is 11.5. The number of amides is 1. The van der Waals surface area contributed by atoms with Gasteiger partial charge in [0.1, 0.15) is 0 Å². The highest BCUT2D eigenvalue weighted by Crippen LogP contribution is 2.17. The first-order valence-electron chi connectivity index (χ1n) is 5.48. The van der Waals surface area contributed by atoms with Gasteiger partial charge in [0.05, 0.1) is 0 Å². The van der Waals surface area contributed by atoms with Crippen LogP contribution in [-0.2, 0) is 4.79 Å². The molecule has 0 saturated carbocycles. The summed E-state index contributed by atoms with van der Waals surface area (Å²) in [5, 5.41) is 6.19. The summed E-state index contributed by atoms with van der Waals surface area (Å²) in [5.74, 6) is 0.398. The van der Waals surface area contributed by atoms with E-state index in [1.165, 1.54) is 0 Å². The van der Waals surface area contributed by atoms with Crippen molar-refractivity contribution in [3.05, 3.63) is 12.2 Å². The lowest BCUT2D eigenvalue weighted by atomic mass is 10.1. The van der Waals surface area contributed by atoms with Crippen LogP contribution >= 0.6 is 0 Å². The third-order valence-electron chi connectivity index (χ3n) is 2.41. The fourth-order valence-electron chi connectivity index (χ4n) is 1.55. The molecule has 1 rings (SSSR count). The van der Waals surface area contributed by atoms with Crippen molar-refractivity contribution in [1.29, 1.82) is 0 Å². The number of hydrogen-bond donors (Lipinski definition) is 2. The molecule has 80 valence electrons. The first-order chi connectivity index (χ1) is 6.84. The van der Waals surface area contributed by atoms with Gasteiger partial charge in [-0.1, -0.05) is 19.1 Å². The second kappa shape index (κ2) is 6.60. The van der Waals surface area contributed by atoms with Crippen LogP contribution in [0.15, 0.2) is 12.2 Å². The highest BCUT2D eigenvalue weighted by Gasteiger charge is 2.17. The molecule has 0 spiro atoms. The van der Waals surface area contributed by atoms with E-state index in [1.807, 2.05) is 0 Å². The molecule has 0 unspecified atom stereocenters. The van der Waals surface area contributed by atoms with Crippen LogP contribution < -0.4 is 10.6 Å². The highest BCUT2D eigenvalue weighted by atomic mass is 16.1. The van der Waals surface area contributed by atoms with Gasteiger partial charge in [0.25, 0.3) is 0 Å². The lowest BCUT2D eigenvalue weighted by molar-refractivity contribution is -0.124. The average Bonchev–Trinajstić information content (AvgIpc) is 2.70. The lowest BCUT2D eigenvalue weighted by Crippen LogP contribution is -2.35. The Labute approximate surface area is 86.0 Å². The lowest BCUT2D eigenvalue weighted by Gasteiger charge is -2.10. The minimum Gasteiger partial charge on any atom is -0.355 e. The number of rotatable bonds is 6. The van der Waals surface area contributed by atoms with Gasteiger partial charge in [0, 0.05) is 19.0 Å². The minimum absolute atomic E-state index is 0.196. The van der Waals surface area contributed by atoms with Gasteiger partial charge in [-0.3, -0.25) is 4.79 Å². The molecule has 1 aliphatic rings. The zero-order valence-corrected chi connectivity index (χ0v) is 8.88. The maximum atomic E-state index is 11.5. The summed E-state index contributed by atoms with van der Waals surface area (Å²) >= 11 is 0. The summed E-state index contributed by atoms with van der Waals surface area (Å²) in [7, 11) is 0. The van der Waals surface area contributed by atoms with Gasteiger partial charge in [0.2, 0.25) is 5.91 Å². The van der Waals surface area contributed by atoms with Crippen molar-refractivity contribution in [2.45, 2.75) is 26.2 Å². The summed E-state index contributed by atoms with van der Waals surface area (Å²) in [6.45, 7) is 4.78. The molecule has 0 aromatic carbocycles. The van der Waals surface area contributed by atoms with E-state index in [0.29, 0.717) is 0 Å². The second-order valence-electron chi connectivity index (χ2n) is 3.68. The van der Waals surface area contributed by atoms with E-state index in [-0.39, 0.29) is 11.8 Å². The predicted molar refractivity (Wildman–Crippen MR) is 58.0 cm³/mol. The maximum Gasteiger partial charge on any atom is 0.223 e. The molecule has 2 N–H and O–H groups in total. The molecule has 0 heterocycles. The summed E-state index contributed by atoms with van der Waals surface area (Å²) in [6.07, 6.45) is 7.13. The Morgan fingerprint density at radius 1 is 1.29 bits per heavy atom.